The second-order valence-electron chi connectivity index (χ2n) is 5.50. The Kier molecular flexibility index (Phi) is 5.22. The van der Waals surface area contributed by atoms with Gasteiger partial charge < -0.3 is 10.1 Å². The average molecular weight is 330 g/mol. The number of carbonyl (C=O) groups is 1. The molecule has 0 amide bonds. The summed E-state index contributed by atoms with van der Waals surface area (Å²) >= 11 is 0. The molecule has 2 aromatic carbocycles. The van der Waals surface area contributed by atoms with Gasteiger partial charge in [-0.25, -0.2) is 0 Å². The SMILES string of the molecule is C/C(=C\C(=O)c1cccnc1)Nc1ccc(Oc2ccccc2)cc1. The molecule has 3 rings (SSSR count). The summed E-state index contributed by atoms with van der Waals surface area (Å²) in [4.78, 5) is 16.1. The molecule has 0 atom stereocenters. The maximum absolute atomic E-state index is 12.1. The first-order valence-electron chi connectivity index (χ1n) is 7.93. The number of para-hydroxylation sites is 1. The minimum absolute atomic E-state index is 0.0814. The second kappa shape index (κ2) is 7.93. The largest absolute Gasteiger partial charge is 0.457 e. The standard InChI is InChI=1S/C21H18N2O2/c1-16(14-21(24)17-6-5-13-22-15-17)23-18-9-11-20(12-10-18)25-19-7-3-2-4-8-19/h2-15,23H,1H3/b16-14+. The van der Waals surface area contributed by atoms with E-state index in [4.69, 9.17) is 4.74 Å². The lowest BCUT2D eigenvalue weighted by molar-refractivity contribution is 0.104. The van der Waals surface area contributed by atoms with Crippen molar-refractivity contribution < 1.29 is 9.53 Å². The number of ether oxygens (including phenoxy) is 1. The number of hydrogen-bond acceptors (Lipinski definition) is 4. The fourth-order valence-corrected chi connectivity index (χ4v) is 2.28. The van der Waals surface area contributed by atoms with Crippen molar-refractivity contribution in [2.45, 2.75) is 6.92 Å². The second-order valence-corrected chi connectivity index (χ2v) is 5.50. The molecule has 3 aromatic rings. The maximum Gasteiger partial charge on any atom is 0.189 e. The first kappa shape index (κ1) is 16.5. The Morgan fingerprint density at radius 1 is 0.960 bits per heavy atom. The highest BCUT2D eigenvalue weighted by molar-refractivity contribution is 6.04. The summed E-state index contributed by atoms with van der Waals surface area (Å²) in [6.45, 7) is 1.85. The summed E-state index contributed by atoms with van der Waals surface area (Å²) in [6.07, 6.45) is 4.76. The van der Waals surface area contributed by atoms with Crippen LogP contribution in [0.4, 0.5) is 5.69 Å². The molecule has 1 heterocycles. The number of pyridine rings is 1. The van der Waals surface area contributed by atoms with Gasteiger partial charge in [0.05, 0.1) is 0 Å². The summed E-state index contributed by atoms with van der Waals surface area (Å²) in [6, 6.07) is 20.7. The molecule has 0 fully saturated rings. The zero-order valence-electron chi connectivity index (χ0n) is 13.8. The van der Waals surface area contributed by atoms with Crippen molar-refractivity contribution in [1.82, 2.24) is 4.98 Å². The number of benzene rings is 2. The monoisotopic (exact) mass is 330 g/mol. The normalized spacial score (nSPS) is 11.0. The number of hydrogen-bond donors (Lipinski definition) is 1. The van der Waals surface area contributed by atoms with Crippen LogP contribution in [0.15, 0.2) is 90.9 Å². The van der Waals surface area contributed by atoms with Crippen molar-refractivity contribution in [3.63, 3.8) is 0 Å². The van der Waals surface area contributed by atoms with E-state index in [9.17, 15) is 4.79 Å². The highest BCUT2D eigenvalue weighted by Gasteiger charge is 2.03. The average Bonchev–Trinajstić information content (AvgIpc) is 2.65. The van der Waals surface area contributed by atoms with E-state index in [1.165, 1.54) is 0 Å². The summed E-state index contributed by atoms with van der Waals surface area (Å²) in [5.41, 5.74) is 2.20. The van der Waals surface area contributed by atoms with Gasteiger partial charge >= 0.3 is 0 Å². The number of nitrogens with zero attached hydrogens (tertiary/aromatic N) is 1. The Morgan fingerprint density at radius 3 is 2.36 bits per heavy atom. The van der Waals surface area contributed by atoms with Crippen LogP contribution in [0, 0.1) is 0 Å². The highest BCUT2D eigenvalue weighted by Crippen LogP contribution is 2.23. The van der Waals surface area contributed by atoms with E-state index < -0.39 is 0 Å². The highest BCUT2D eigenvalue weighted by atomic mass is 16.5. The number of aromatic nitrogens is 1. The quantitative estimate of drug-likeness (QED) is 0.506. The molecular weight excluding hydrogens is 312 g/mol. The van der Waals surface area contributed by atoms with Crippen molar-refractivity contribution in [3.05, 3.63) is 96.5 Å². The van der Waals surface area contributed by atoms with Gasteiger partial charge in [0.1, 0.15) is 11.5 Å². The lowest BCUT2D eigenvalue weighted by Crippen LogP contribution is -2.01. The predicted molar refractivity (Wildman–Crippen MR) is 98.9 cm³/mol. The summed E-state index contributed by atoms with van der Waals surface area (Å²) in [7, 11) is 0. The summed E-state index contributed by atoms with van der Waals surface area (Å²) in [5.74, 6) is 1.47. The van der Waals surface area contributed by atoms with E-state index in [0.29, 0.717) is 5.56 Å². The predicted octanol–water partition coefficient (Wildman–Crippen LogP) is 5.07. The molecule has 124 valence electrons. The molecule has 0 aliphatic carbocycles. The molecule has 1 aromatic heterocycles. The molecule has 4 nitrogen and oxygen atoms in total. The van der Waals surface area contributed by atoms with Crippen LogP contribution in [-0.2, 0) is 0 Å². The zero-order valence-corrected chi connectivity index (χ0v) is 13.8. The van der Waals surface area contributed by atoms with E-state index in [1.807, 2.05) is 61.5 Å². The number of allylic oxidation sites excluding steroid dienone is 2. The van der Waals surface area contributed by atoms with Gasteiger partial charge in [-0.2, -0.15) is 0 Å². The van der Waals surface area contributed by atoms with Crippen molar-refractivity contribution >= 4 is 11.5 Å². The smallest absolute Gasteiger partial charge is 0.189 e. The van der Waals surface area contributed by atoms with Gasteiger partial charge in [0.15, 0.2) is 5.78 Å². The Bertz CT molecular complexity index is 857. The van der Waals surface area contributed by atoms with E-state index in [0.717, 1.165) is 22.9 Å². The first-order valence-corrected chi connectivity index (χ1v) is 7.93. The minimum Gasteiger partial charge on any atom is -0.457 e. The van der Waals surface area contributed by atoms with Gasteiger partial charge in [0.2, 0.25) is 0 Å². The van der Waals surface area contributed by atoms with Gasteiger partial charge in [0.25, 0.3) is 0 Å². The molecule has 0 saturated carbocycles. The van der Waals surface area contributed by atoms with Gasteiger partial charge in [-0.05, 0) is 55.5 Å². The molecule has 0 radical (unpaired) electrons. The van der Waals surface area contributed by atoms with Gasteiger partial charge in [0, 0.05) is 35.4 Å². The van der Waals surface area contributed by atoms with Crippen LogP contribution in [0.25, 0.3) is 0 Å². The van der Waals surface area contributed by atoms with Crippen molar-refractivity contribution in [3.8, 4) is 11.5 Å². The van der Waals surface area contributed by atoms with Crippen molar-refractivity contribution in [2.75, 3.05) is 5.32 Å². The van der Waals surface area contributed by atoms with Gasteiger partial charge in [-0.15, -0.1) is 0 Å². The fraction of sp³-hybridized carbons (Fsp3) is 0.0476. The van der Waals surface area contributed by atoms with Crippen LogP contribution in [-0.4, -0.2) is 10.8 Å². The lowest BCUT2D eigenvalue weighted by Gasteiger charge is -2.09. The summed E-state index contributed by atoms with van der Waals surface area (Å²) < 4.78 is 5.76. The number of carbonyl (C=O) groups excluding carboxylic acids is 1. The van der Waals surface area contributed by atoms with Crippen molar-refractivity contribution in [2.24, 2.45) is 0 Å². The molecule has 0 aliphatic rings. The van der Waals surface area contributed by atoms with Crippen LogP contribution < -0.4 is 10.1 Å². The lowest BCUT2D eigenvalue weighted by atomic mass is 10.1. The van der Waals surface area contributed by atoms with E-state index in [2.05, 4.69) is 10.3 Å². The van der Waals surface area contributed by atoms with E-state index in [-0.39, 0.29) is 5.78 Å². The van der Waals surface area contributed by atoms with E-state index >= 15 is 0 Å². The minimum atomic E-state index is -0.0814. The van der Waals surface area contributed by atoms with Crippen LogP contribution in [0.2, 0.25) is 0 Å². The molecule has 0 aliphatic heterocycles. The molecule has 1 N–H and O–H groups in total. The molecule has 25 heavy (non-hydrogen) atoms. The molecule has 0 unspecified atom stereocenters. The Morgan fingerprint density at radius 2 is 1.68 bits per heavy atom. The number of ketones is 1. The molecular formula is C21H18N2O2. The third-order valence-electron chi connectivity index (χ3n) is 3.47. The fourth-order valence-electron chi connectivity index (χ4n) is 2.28. The first-order chi connectivity index (χ1) is 12.2. The third kappa shape index (κ3) is 4.78. The number of anilines is 1. The Labute approximate surface area is 146 Å². The van der Waals surface area contributed by atoms with Crippen LogP contribution in [0.3, 0.4) is 0 Å². The van der Waals surface area contributed by atoms with Crippen LogP contribution in [0.5, 0.6) is 11.5 Å². The molecule has 0 saturated heterocycles. The van der Waals surface area contributed by atoms with Crippen molar-refractivity contribution in [1.29, 1.82) is 0 Å². The topological polar surface area (TPSA) is 51.2 Å². The number of rotatable bonds is 6. The van der Waals surface area contributed by atoms with Gasteiger partial charge in [-0.1, -0.05) is 18.2 Å². The van der Waals surface area contributed by atoms with E-state index in [1.54, 1.807) is 30.6 Å². The maximum atomic E-state index is 12.1. The van der Waals surface area contributed by atoms with Crippen LogP contribution in [0.1, 0.15) is 17.3 Å². The number of nitrogens with one attached hydrogen (secondary N) is 1. The summed E-state index contributed by atoms with van der Waals surface area (Å²) in [5, 5.41) is 3.20. The zero-order chi connectivity index (χ0) is 17.5. The van der Waals surface area contributed by atoms with Crippen LogP contribution >= 0.6 is 0 Å². The molecule has 0 bridgehead atoms. The molecule has 4 heteroatoms. The Hall–Kier alpha value is -3.40. The molecule has 0 spiro atoms. The van der Waals surface area contributed by atoms with Gasteiger partial charge in [-0.3, -0.25) is 9.78 Å². The third-order valence-corrected chi connectivity index (χ3v) is 3.47. The Balaban J connectivity index is 1.63.